The van der Waals surface area contributed by atoms with Crippen LogP contribution < -0.4 is 0 Å². The average molecular weight is 254 g/mol. The molecule has 1 aromatic carbocycles. The molecule has 2 aromatic rings. The van der Waals surface area contributed by atoms with E-state index in [9.17, 15) is 18.0 Å². The summed E-state index contributed by atoms with van der Waals surface area (Å²) in [7, 11) is 0. The van der Waals surface area contributed by atoms with Gasteiger partial charge in [-0.05, 0) is 25.1 Å². The summed E-state index contributed by atoms with van der Waals surface area (Å²) in [6, 6.07) is 4.76. The molecule has 0 unspecified atom stereocenters. The third-order valence-electron chi connectivity index (χ3n) is 2.43. The molecular weight excluding hydrogens is 245 g/mol. The van der Waals surface area contributed by atoms with Crippen LogP contribution in [0.5, 0.6) is 0 Å². The molecule has 0 bridgehead atoms. The predicted molar refractivity (Wildman–Crippen MR) is 58.6 cm³/mol. The highest BCUT2D eigenvalue weighted by Gasteiger charge is 2.30. The van der Waals surface area contributed by atoms with Crippen molar-refractivity contribution < 1.29 is 18.0 Å². The minimum absolute atomic E-state index is 0.187. The second-order valence-corrected chi connectivity index (χ2v) is 3.78. The van der Waals surface area contributed by atoms with Gasteiger partial charge in [-0.3, -0.25) is 4.79 Å². The molecule has 0 atom stereocenters. The summed E-state index contributed by atoms with van der Waals surface area (Å²) in [5.74, 6) is -0.187. The van der Waals surface area contributed by atoms with Gasteiger partial charge in [-0.15, -0.1) is 0 Å². The monoisotopic (exact) mass is 254 g/mol. The lowest BCUT2D eigenvalue weighted by molar-refractivity contribution is -0.137. The first kappa shape index (κ1) is 12.3. The van der Waals surface area contributed by atoms with Crippen molar-refractivity contribution >= 4 is 5.78 Å². The number of halogens is 3. The maximum absolute atomic E-state index is 12.5. The van der Waals surface area contributed by atoms with Gasteiger partial charge in [0.25, 0.3) is 0 Å². The van der Waals surface area contributed by atoms with Gasteiger partial charge in [0.2, 0.25) is 0 Å². The van der Waals surface area contributed by atoms with Crippen molar-refractivity contribution in [2.24, 2.45) is 0 Å². The first-order chi connectivity index (χ1) is 8.38. The van der Waals surface area contributed by atoms with E-state index in [1.54, 1.807) is 0 Å². The molecular formula is C12H9F3N2O. The molecule has 3 nitrogen and oxygen atoms in total. The first-order valence-electron chi connectivity index (χ1n) is 5.11. The van der Waals surface area contributed by atoms with Crippen LogP contribution in [0.1, 0.15) is 22.8 Å². The number of benzene rings is 1. The van der Waals surface area contributed by atoms with E-state index in [2.05, 4.69) is 5.10 Å². The highest BCUT2D eigenvalue weighted by molar-refractivity contribution is 5.93. The molecule has 0 aliphatic carbocycles. The first-order valence-corrected chi connectivity index (χ1v) is 5.11. The Labute approximate surface area is 101 Å². The van der Waals surface area contributed by atoms with Gasteiger partial charge in [0.05, 0.1) is 23.0 Å². The van der Waals surface area contributed by atoms with Crippen molar-refractivity contribution in [3.63, 3.8) is 0 Å². The van der Waals surface area contributed by atoms with E-state index in [-0.39, 0.29) is 11.5 Å². The average Bonchev–Trinajstić information content (AvgIpc) is 2.77. The van der Waals surface area contributed by atoms with Crippen LogP contribution in [0, 0.1) is 0 Å². The largest absolute Gasteiger partial charge is 0.416 e. The fourth-order valence-electron chi connectivity index (χ4n) is 1.47. The molecule has 0 amide bonds. The van der Waals surface area contributed by atoms with Gasteiger partial charge in [0.1, 0.15) is 0 Å². The summed E-state index contributed by atoms with van der Waals surface area (Å²) in [6.07, 6.45) is -1.67. The lowest BCUT2D eigenvalue weighted by Gasteiger charge is -2.08. The summed E-state index contributed by atoms with van der Waals surface area (Å²) < 4.78 is 38.8. The molecule has 18 heavy (non-hydrogen) atoms. The van der Waals surface area contributed by atoms with Crippen molar-refractivity contribution in [3.8, 4) is 5.69 Å². The third-order valence-corrected chi connectivity index (χ3v) is 2.43. The Morgan fingerprint density at radius 1 is 1.33 bits per heavy atom. The van der Waals surface area contributed by atoms with Gasteiger partial charge in [0, 0.05) is 6.20 Å². The zero-order chi connectivity index (χ0) is 13.3. The predicted octanol–water partition coefficient (Wildman–Crippen LogP) is 3.09. The molecule has 0 saturated carbocycles. The summed E-state index contributed by atoms with van der Waals surface area (Å²) in [4.78, 5) is 11.1. The molecule has 1 aromatic heterocycles. The van der Waals surface area contributed by atoms with Crippen molar-refractivity contribution in [3.05, 3.63) is 47.8 Å². The van der Waals surface area contributed by atoms with Crippen LogP contribution in [0.25, 0.3) is 5.69 Å². The number of carbonyl (C=O) groups is 1. The Hall–Kier alpha value is -2.11. The minimum atomic E-state index is -4.40. The zero-order valence-electron chi connectivity index (χ0n) is 9.40. The number of hydrogen-bond acceptors (Lipinski definition) is 2. The minimum Gasteiger partial charge on any atom is -0.294 e. The number of nitrogens with zero attached hydrogens (tertiary/aromatic N) is 2. The molecule has 6 heteroatoms. The van der Waals surface area contributed by atoms with Crippen molar-refractivity contribution in [2.75, 3.05) is 0 Å². The SMILES string of the molecule is CC(=O)c1cnn(-c2cccc(C(F)(F)F)c2)c1. The number of aromatic nitrogens is 2. The van der Waals surface area contributed by atoms with Gasteiger partial charge in [-0.2, -0.15) is 18.3 Å². The van der Waals surface area contributed by atoms with Crippen LogP contribution >= 0.6 is 0 Å². The molecule has 0 spiro atoms. The molecule has 2 rings (SSSR count). The van der Waals surface area contributed by atoms with Crippen molar-refractivity contribution in [2.45, 2.75) is 13.1 Å². The van der Waals surface area contributed by atoms with E-state index in [1.807, 2.05) is 0 Å². The molecule has 0 N–H and O–H groups in total. The Kier molecular flexibility index (Phi) is 2.94. The smallest absolute Gasteiger partial charge is 0.294 e. The van der Waals surface area contributed by atoms with Crippen molar-refractivity contribution in [1.29, 1.82) is 0 Å². The number of hydrogen-bond donors (Lipinski definition) is 0. The zero-order valence-corrected chi connectivity index (χ0v) is 9.40. The Balaban J connectivity index is 2.41. The van der Waals surface area contributed by atoms with Gasteiger partial charge in [-0.25, -0.2) is 4.68 Å². The summed E-state index contributed by atoms with van der Waals surface area (Å²) in [6.45, 7) is 1.37. The number of carbonyl (C=O) groups excluding carboxylic acids is 1. The highest BCUT2D eigenvalue weighted by atomic mass is 19.4. The number of ketones is 1. The van der Waals surface area contributed by atoms with Crippen LogP contribution in [0.2, 0.25) is 0 Å². The maximum atomic E-state index is 12.5. The van der Waals surface area contributed by atoms with E-state index in [0.717, 1.165) is 12.1 Å². The topological polar surface area (TPSA) is 34.9 Å². The fourth-order valence-corrected chi connectivity index (χ4v) is 1.47. The molecule has 0 saturated heterocycles. The standard InChI is InChI=1S/C12H9F3N2O/c1-8(18)9-6-16-17(7-9)11-4-2-3-10(5-11)12(13,14)15/h2-7H,1H3. The van der Waals surface area contributed by atoms with Gasteiger partial charge in [0.15, 0.2) is 5.78 Å². The van der Waals surface area contributed by atoms with Crippen LogP contribution in [0.15, 0.2) is 36.7 Å². The Morgan fingerprint density at radius 2 is 2.06 bits per heavy atom. The van der Waals surface area contributed by atoms with E-state index in [1.165, 1.54) is 36.1 Å². The maximum Gasteiger partial charge on any atom is 0.416 e. The van der Waals surface area contributed by atoms with Crippen LogP contribution in [0.4, 0.5) is 13.2 Å². The summed E-state index contributed by atoms with van der Waals surface area (Å²) >= 11 is 0. The van der Waals surface area contributed by atoms with Crippen LogP contribution in [-0.4, -0.2) is 15.6 Å². The Morgan fingerprint density at radius 3 is 2.61 bits per heavy atom. The molecule has 94 valence electrons. The van der Waals surface area contributed by atoms with Gasteiger partial charge in [-0.1, -0.05) is 6.07 Å². The van der Waals surface area contributed by atoms with E-state index < -0.39 is 11.7 Å². The second-order valence-electron chi connectivity index (χ2n) is 3.78. The Bertz CT molecular complexity index is 587. The van der Waals surface area contributed by atoms with Gasteiger partial charge < -0.3 is 0 Å². The second kappa shape index (κ2) is 4.29. The lowest BCUT2D eigenvalue weighted by Crippen LogP contribution is -2.06. The number of alkyl halides is 3. The molecule has 0 fully saturated rings. The fraction of sp³-hybridized carbons (Fsp3) is 0.167. The highest BCUT2D eigenvalue weighted by Crippen LogP contribution is 2.30. The van der Waals surface area contributed by atoms with E-state index in [4.69, 9.17) is 0 Å². The van der Waals surface area contributed by atoms with Crippen molar-refractivity contribution in [1.82, 2.24) is 9.78 Å². The molecule has 1 heterocycles. The third kappa shape index (κ3) is 2.42. The lowest BCUT2D eigenvalue weighted by atomic mass is 10.2. The van der Waals surface area contributed by atoms with Crippen LogP contribution in [0.3, 0.4) is 0 Å². The number of Topliss-reactive ketones (excluding diaryl/α,β-unsaturated/α-hetero) is 1. The van der Waals surface area contributed by atoms with E-state index in [0.29, 0.717) is 5.56 Å². The van der Waals surface area contributed by atoms with E-state index >= 15 is 0 Å². The number of rotatable bonds is 2. The quantitative estimate of drug-likeness (QED) is 0.772. The normalized spacial score (nSPS) is 11.6. The van der Waals surface area contributed by atoms with Crippen LogP contribution in [-0.2, 0) is 6.18 Å². The van der Waals surface area contributed by atoms with Gasteiger partial charge >= 0.3 is 6.18 Å². The molecule has 0 aliphatic rings. The summed E-state index contributed by atoms with van der Waals surface area (Å²) in [5.41, 5.74) is -0.135. The summed E-state index contributed by atoms with van der Waals surface area (Å²) in [5, 5.41) is 3.86. The molecule has 0 radical (unpaired) electrons. The molecule has 0 aliphatic heterocycles.